The van der Waals surface area contributed by atoms with Crippen LogP contribution in [0.4, 0.5) is 0 Å². The molecule has 0 amide bonds. The van der Waals surface area contributed by atoms with Gasteiger partial charge in [-0.3, -0.25) is 0 Å². The Morgan fingerprint density at radius 3 is 2.35 bits per heavy atom. The summed E-state index contributed by atoms with van der Waals surface area (Å²) in [4.78, 5) is 0.314. The smallest absolute Gasteiger partial charge is 0.225 e. The monoisotopic (exact) mass is 293 g/mol. The Morgan fingerprint density at radius 1 is 1.20 bits per heavy atom. The van der Waals surface area contributed by atoms with Crippen LogP contribution in [0.3, 0.4) is 0 Å². The molecular weight excluding hydrogens is 270 g/mol. The Balaban J connectivity index is 2.14. The normalized spacial score (nSPS) is 35.4. The SMILES string of the molecule is CC1(C)C2CCC1(C)C(c1ccccc1S(N)(=O)=O)C2. The number of hydrogen-bond acceptors (Lipinski definition) is 2. The van der Waals surface area contributed by atoms with Gasteiger partial charge >= 0.3 is 0 Å². The van der Waals surface area contributed by atoms with Gasteiger partial charge in [-0.15, -0.1) is 0 Å². The van der Waals surface area contributed by atoms with Crippen molar-refractivity contribution >= 4 is 10.0 Å². The molecule has 2 fully saturated rings. The first-order valence-electron chi connectivity index (χ1n) is 7.29. The zero-order valence-corrected chi connectivity index (χ0v) is 13.2. The van der Waals surface area contributed by atoms with E-state index in [0.29, 0.717) is 16.7 Å². The van der Waals surface area contributed by atoms with E-state index >= 15 is 0 Å². The van der Waals surface area contributed by atoms with Crippen LogP contribution in [0, 0.1) is 16.7 Å². The molecular formula is C16H23NO2S. The second-order valence-electron chi connectivity index (χ2n) is 7.25. The minimum atomic E-state index is -3.65. The van der Waals surface area contributed by atoms with Crippen LogP contribution in [0.5, 0.6) is 0 Å². The Bertz CT molecular complexity index is 650. The fourth-order valence-electron chi connectivity index (χ4n) is 4.70. The van der Waals surface area contributed by atoms with E-state index in [9.17, 15) is 8.42 Å². The van der Waals surface area contributed by atoms with Gasteiger partial charge in [0.1, 0.15) is 0 Å². The van der Waals surface area contributed by atoms with Gasteiger partial charge in [-0.2, -0.15) is 0 Å². The van der Waals surface area contributed by atoms with E-state index in [1.54, 1.807) is 12.1 Å². The second-order valence-corrected chi connectivity index (χ2v) is 8.78. The Kier molecular flexibility index (Phi) is 2.87. The van der Waals surface area contributed by atoms with Gasteiger partial charge in [0.25, 0.3) is 0 Å². The summed E-state index contributed by atoms with van der Waals surface area (Å²) >= 11 is 0. The number of rotatable bonds is 2. The molecule has 4 heteroatoms. The molecule has 110 valence electrons. The van der Waals surface area contributed by atoms with Crippen molar-refractivity contribution in [3.05, 3.63) is 29.8 Å². The van der Waals surface area contributed by atoms with Gasteiger partial charge in [0.15, 0.2) is 0 Å². The highest BCUT2D eigenvalue weighted by molar-refractivity contribution is 7.89. The van der Waals surface area contributed by atoms with Crippen molar-refractivity contribution in [3.63, 3.8) is 0 Å². The number of primary sulfonamides is 1. The van der Waals surface area contributed by atoms with E-state index < -0.39 is 10.0 Å². The van der Waals surface area contributed by atoms with Crippen molar-refractivity contribution in [1.29, 1.82) is 0 Å². The number of hydrogen-bond donors (Lipinski definition) is 1. The lowest BCUT2D eigenvalue weighted by molar-refractivity contribution is 0.134. The van der Waals surface area contributed by atoms with Crippen molar-refractivity contribution in [2.45, 2.75) is 50.8 Å². The molecule has 1 aromatic rings. The fraction of sp³-hybridized carbons (Fsp3) is 0.625. The zero-order chi connectivity index (χ0) is 14.8. The van der Waals surface area contributed by atoms with Crippen LogP contribution in [0.15, 0.2) is 29.2 Å². The van der Waals surface area contributed by atoms with E-state index in [-0.39, 0.29) is 10.8 Å². The van der Waals surface area contributed by atoms with E-state index in [4.69, 9.17) is 5.14 Å². The van der Waals surface area contributed by atoms with Crippen molar-refractivity contribution in [2.75, 3.05) is 0 Å². The van der Waals surface area contributed by atoms with Gasteiger partial charge in [-0.05, 0) is 53.6 Å². The van der Waals surface area contributed by atoms with E-state index in [2.05, 4.69) is 20.8 Å². The van der Waals surface area contributed by atoms with Crippen molar-refractivity contribution in [3.8, 4) is 0 Å². The Labute approximate surface area is 121 Å². The summed E-state index contributed by atoms with van der Waals surface area (Å²) in [5.74, 6) is 0.983. The van der Waals surface area contributed by atoms with Crippen LogP contribution in [-0.4, -0.2) is 8.42 Å². The van der Waals surface area contributed by atoms with Gasteiger partial charge in [0, 0.05) is 0 Å². The highest BCUT2D eigenvalue weighted by Crippen LogP contribution is 2.71. The van der Waals surface area contributed by atoms with Gasteiger partial charge in [-0.25, -0.2) is 13.6 Å². The standard InChI is InChI=1S/C16H23NO2S/c1-15(2)11-8-9-16(15,3)13(10-11)12-6-4-5-7-14(12)20(17,18)19/h4-7,11,13H,8-10H2,1-3H3,(H2,17,18,19). The third kappa shape index (κ3) is 1.70. The molecule has 3 rings (SSSR count). The molecule has 2 bridgehead atoms. The maximum Gasteiger partial charge on any atom is 0.238 e. The Hall–Kier alpha value is -0.870. The highest BCUT2D eigenvalue weighted by atomic mass is 32.2. The molecule has 0 heterocycles. The molecule has 2 aliphatic carbocycles. The maximum atomic E-state index is 11.9. The molecule has 0 radical (unpaired) electrons. The van der Waals surface area contributed by atoms with Crippen LogP contribution in [0.2, 0.25) is 0 Å². The summed E-state index contributed by atoms with van der Waals surface area (Å²) in [5, 5.41) is 5.41. The van der Waals surface area contributed by atoms with Gasteiger partial charge in [0.05, 0.1) is 4.90 Å². The molecule has 0 aliphatic heterocycles. The van der Waals surface area contributed by atoms with Gasteiger partial charge in [0.2, 0.25) is 10.0 Å². The maximum absolute atomic E-state index is 11.9. The first-order valence-corrected chi connectivity index (χ1v) is 8.84. The molecule has 1 aromatic carbocycles. The lowest BCUT2D eigenvalue weighted by Crippen LogP contribution is -2.32. The summed E-state index contributed by atoms with van der Waals surface area (Å²) < 4.78 is 23.7. The lowest BCUT2D eigenvalue weighted by Gasteiger charge is -2.40. The Morgan fingerprint density at radius 2 is 1.85 bits per heavy atom. The summed E-state index contributed by atoms with van der Waals surface area (Å²) in [5.41, 5.74) is 1.36. The molecule has 0 aromatic heterocycles. The lowest BCUT2D eigenvalue weighted by atomic mass is 9.65. The molecule has 3 unspecified atom stereocenters. The van der Waals surface area contributed by atoms with Crippen molar-refractivity contribution in [2.24, 2.45) is 21.9 Å². The average molecular weight is 293 g/mol. The minimum Gasteiger partial charge on any atom is -0.225 e. The largest absolute Gasteiger partial charge is 0.238 e. The summed E-state index contributed by atoms with van der Waals surface area (Å²) in [6.07, 6.45) is 3.52. The molecule has 2 aliphatic rings. The van der Waals surface area contributed by atoms with Crippen LogP contribution in [0.25, 0.3) is 0 Å². The predicted octanol–water partition coefficient (Wildman–Crippen LogP) is 3.26. The van der Waals surface area contributed by atoms with E-state index in [1.807, 2.05) is 12.1 Å². The van der Waals surface area contributed by atoms with Crippen molar-refractivity contribution in [1.82, 2.24) is 0 Å². The van der Waals surface area contributed by atoms with E-state index in [0.717, 1.165) is 12.0 Å². The van der Waals surface area contributed by atoms with Crippen LogP contribution in [0.1, 0.15) is 51.5 Å². The molecule has 0 spiro atoms. The minimum absolute atomic E-state index is 0.165. The number of sulfonamides is 1. The van der Waals surface area contributed by atoms with Crippen LogP contribution >= 0.6 is 0 Å². The zero-order valence-electron chi connectivity index (χ0n) is 12.4. The average Bonchev–Trinajstić information content (AvgIpc) is 2.70. The van der Waals surface area contributed by atoms with Crippen molar-refractivity contribution < 1.29 is 8.42 Å². The topological polar surface area (TPSA) is 60.2 Å². The first kappa shape index (κ1) is 14.1. The molecule has 3 nitrogen and oxygen atoms in total. The van der Waals surface area contributed by atoms with Crippen LogP contribution < -0.4 is 5.14 Å². The van der Waals surface area contributed by atoms with Gasteiger partial charge < -0.3 is 0 Å². The summed E-state index contributed by atoms with van der Waals surface area (Å²) in [6, 6.07) is 7.27. The molecule has 2 saturated carbocycles. The third-order valence-corrected chi connectivity index (χ3v) is 7.38. The molecule has 20 heavy (non-hydrogen) atoms. The van der Waals surface area contributed by atoms with Gasteiger partial charge in [-0.1, -0.05) is 39.0 Å². The third-order valence-electron chi connectivity index (χ3n) is 6.39. The predicted molar refractivity (Wildman–Crippen MR) is 79.8 cm³/mol. The first-order chi connectivity index (χ1) is 9.18. The fourth-order valence-corrected chi connectivity index (χ4v) is 5.51. The molecule has 2 N–H and O–H groups in total. The summed E-state index contributed by atoms with van der Waals surface area (Å²) in [7, 11) is -3.65. The number of benzene rings is 1. The second kappa shape index (κ2) is 4.08. The summed E-state index contributed by atoms with van der Waals surface area (Å²) in [6.45, 7) is 7.00. The molecule has 3 atom stereocenters. The molecule has 0 saturated heterocycles. The number of nitrogens with two attached hydrogens (primary N) is 1. The highest BCUT2D eigenvalue weighted by Gasteiger charge is 2.61. The number of fused-ring (bicyclic) bond motifs is 2. The van der Waals surface area contributed by atoms with Crippen LogP contribution in [-0.2, 0) is 10.0 Å². The quantitative estimate of drug-likeness (QED) is 0.909. The van der Waals surface area contributed by atoms with E-state index in [1.165, 1.54) is 12.8 Å².